The lowest BCUT2D eigenvalue weighted by Gasteiger charge is -2.25. The van der Waals surface area contributed by atoms with Gasteiger partial charge in [0, 0.05) is 25.1 Å². The molecule has 1 fully saturated rings. The molecule has 0 radical (unpaired) electrons. The first-order chi connectivity index (χ1) is 14.7. The lowest BCUT2D eigenvalue weighted by atomic mass is 10.1. The van der Waals surface area contributed by atoms with E-state index in [1.807, 2.05) is 35.2 Å². The molecular weight excluding hydrogens is 372 g/mol. The number of aromatic nitrogens is 1. The molecule has 3 aromatic rings. The van der Waals surface area contributed by atoms with E-state index in [1.54, 1.807) is 7.11 Å². The lowest BCUT2D eigenvalue weighted by Crippen LogP contribution is -2.31. The number of nitrogens with zero attached hydrogens (tertiary/aromatic N) is 2. The maximum absolute atomic E-state index is 13.0. The van der Waals surface area contributed by atoms with Gasteiger partial charge in [-0.15, -0.1) is 0 Å². The summed E-state index contributed by atoms with van der Waals surface area (Å²) in [5.74, 6) is 1.05. The summed E-state index contributed by atoms with van der Waals surface area (Å²) in [6, 6.07) is 24.6. The van der Waals surface area contributed by atoms with Crippen LogP contribution in [0, 0.1) is 0 Å². The number of likely N-dealkylation sites (tertiary alicyclic amines) is 1. The van der Waals surface area contributed by atoms with Crippen LogP contribution in [0.25, 0.3) is 0 Å². The predicted octanol–water partition coefficient (Wildman–Crippen LogP) is 4.98. The van der Waals surface area contributed by atoms with E-state index >= 15 is 0 Å². The van der Waals surface area contributed by atoms with E-state index in [0.29, 0.717) is 6.42 Å². The first-order valence-electron chi connectivity index (χ1n) is 10.6. The Morgan fingerprint density at radius 3 is 2.57 bits per heavy atom. The molecule has 1 aliphatic rings. The van der Waals surface area contributed by atoms with Gasteiger partial charge in [-0.05, 0) is 54.7 Å². The number of rotatable bonds is 7. The number of amides is 1. The van der Waals surface area contributed by atoms with E-state index in [2.05, 4.69) is 42.5 Å². The predicted molar refractivity (Wildman–Crippen MR) is 118 cm³/mol. The first kappa shape index (κ1) is 20.1. The summed E-state index contributed by atoms with van der Waals surface area (Å²) >= 11 is 0. The zero-order valence-corrected chi connectivity index (χ0v) is 17.5. The Bertz CT molecular complexity index is 970. The molecular formula is C26H28N2O2. The molecule has 0 spiro atoms. The fraction of sp³-hybridized carbons (Fsp3) is 0.308. The second-order valence-electron chi connectivity index (χ2n) is 7.81. The highest BCUT2D eigenvalue weighted by Crippen LogP contribution is 2.32. The summed E-state index contributed by atoms with van der Waals surface area (Å²) in [4.78, 5) is 19.9. The molecule has 2 heterocycles. The number of ether oxygens (including phenoxy) is 1. The van der Waals surface area contributed by atoms with E-state index in [1.165, 1.54) is 5.56 Å². The maximum atomic E-state index is 13.0. The Kier molecular flexibility index (Phi) is 6.43. The molecule has 30 heavy (non-hydrogen) atoms. The van der Waals surface area contributed by atoms with Crippen molar-refractivity contribution < 1.29 is 9.53 Å². The van der Waals surface area contributed by atoms with Crippen LogP contribution in [-0.4, -0.2) is 29.4 Å². The Morgan fingerprint density at radius 1 is 1.00 bits per heavy atom. The molecule has 1 unspecified atom stereocenters. The second-order valence-corrected chi connectivity index (χ2v) is 7.81. The summed E-state index contributed by atoms with van der Waals surface area (Å²) in [6.07, 6.45) is 4.09. The number of carbonyl (C=O) groups is 1. The van der Waals surface area contributed by atoms with Gasteiger partial charge in [0.1, 0.15) is 5.75 Å². The average molecular weight is 401 g/mol. The van der Waals surface area contributed by atoms with Crippen molar-refractivity contribution in [1.82, 2.24) is 9.88 Å². The molecule has 1 amide bonds. The minimum atomic E-state index is 0.0871. The third kappa shape index (κ3) is 4.88. The Labute approximate surface area is 178 Å². The Morgan fingerprint density at radius 2 is 1.80 bits per heavy atom. The zero-order chi connectivity index (χ0) is 20.8. The summed E-state index contributed by atoms with van der Waals surface area (Å²) in [5, 5.41) is 0. The zero-order valence-electron chi connectivity index (χ0n) is 17.5. The van der Waals surface area contributed by atoms with Crippen molar-refractivity contribution in [3.63, 3.8) is 0 Å². The summed E-state index contributed by atoms with van der Waals surface area (Å²) in [7, 11) is 1.66. The molecule has 1 atom stereocenters. The number of aryl methyl sites for hydroxylation is 1. The molecule has 2 aromatic carbocycles. The van der Waals surface area contributed by atoms with Crippen LogP contribution in [0.1, 0.15) is 47.8 Å². The molecule has 0 aliphatic carbocycles. The van der Waals surface area contributed by atoms with Crippen LogP contribution >= 0.6 is 0 Å². The molecule has 4 rings (SSSR count). The van der Waals surface area contributed by atoms with Crippen LogP contribution in [-0.2, 0) is 17.6 Å². The standard InChI is InChI=1S/C26H28N2O2/c1-30-23-15-12-20(13-16-23)14-17-26(29)28-18-6-11-25(28)24-10-5-9-22(27-24)19-21-7-3-2-4-8-21/h2-5,7-10,12-13,15-16,25H,6,11,14,17-19H2,1H3. The van der Waals surface area contributed by atoms with Crippen LogP contribution < -0.4 is 4.74 Å². The fourth-order valence-corrected chi connectivity index (χ4v) is 4.15. The van der Waals surface area contributed by atoms with E-state index in [9.17, 15) is 4.79 Å². The number of methoxy groups -OCH3 is 1. The monoisotopic (exact) mass is 400 g/mol. The van der Waals surface area contributed by atoms with Gasteiger partial charge in [0.2, 0.25) is 5.91 Å². The van der Waals surface area contributed by atoms with E-state index < -0.39 is 0 Å². The molecule has 0 bridgehead atoms. The topological polar surface area (TPSA) is 42.4 Å². The van der Waals surface area contributed by atoms with Crippen molar-refractivity contribution in [2.45, 2.75) is 38.1 Å². The molecule has 1 aromatic heterocycles. The normalized spacial score (nSPS) is 15.9. The van der Waals surface area contributed by atoms with Crippen molar-refractivity contribution in [3.8, 4) is 5.75 Å². The van der Waals surface area contributed by atoms with Gasteiger partial charge in [-0.25, -0.2) is 0 Å². The number of carbonyl (C=O) groups excluding carboxylic acids is 1. The molecule has 1 saturated heterocycles. The number of hydrogen-bond donors (Lipinski definition) is 0. The minimum absolute atomic E-state index is 0.0871. The minimum Gasteiger partial charge on any atom is -0.497 e. The third-order valence-electron chi connectivity index (χ3n) is 5.76. The van der Waals surface area contributed by atoms with Gasteiger partial charge in [-0.3, -0.25) is 9.78 Å². The molecule has 0 saturated carbocycles. The molecule has 1 aliphatic heterocycles. The average Bonchev–Trinajstić information content (AvgIpc) is 3.29. The SMILES string of the molecule is COc1ccc(CCC(=O)N2CCCC2c2cccc(Cc3ccccc3)n2)cc1. The highest BCUT2D eigenvalue weighted by molar-refractivity contribution is 5.77. The van der Waals surface area contributed by atoms with Gasteiger partial charge in [-0.2, -0.15) is 0 Å². The maximum Gasteiger partial charge on any atom is 0.223 e. The summed E-state index contributed by atoms with van der Waals surface area (Å²) in [6.45, 7) is 0.816. The van der Waals surface area contributed by atoms with Crippen molar-refractivity contribution in [3.05, 3.63) is 95.3 Å². The van der Waals surface area contributed by atoms with Gasteiger partial charge in [-0.1, -0.05) is 48.5 Å². The summed E-state index contributed by atoms with van der Waals surface area (Å²) in [5.41, 5.74) is 4.47. The van der Waals surface area contributed by atoms with Crippen molar-refractivity contribution in [2.75, 3.05) is 13.7 Å². The van der Waals surface area contributed by atoms with Gasteiger partial charge in [0.25, 0.3) is 0 Å². The van der Waals surface area contributed by atoms with Crippen LogP contribution in [0.5, 0.6) is 5.75 Å². The van der Waals surface area contributed by atoms with Crippen molar-refractivity contribution in [1.29, 1.82) is 0 Å². The van der Waals surface area contributed by atoms with Gasteiger partial charge >= 0.3 is 0 Å². The van der Waals surface area contributed by atoms with Gasteiger partial charge in [0.15, 0.2) is 0 Å². The number of pyridine rings is 1. The molecule has 4 heteroatoms. The van der Waals surface area contributed by atoms with Crippen LogP contribution in [0.15, 0.2) is 72.8 Å². The molecule has 4 nitrogen and oxygen atoms in total. The fourth-order valence-electron chi connectivity index (χ4n) is 4.15. The van der Waals surface area contributed by atoms with E-state index in [0.717, 1.165) is 54.9 Å². The van der Waals surface area contributed by atoms with Crippen LogP contribution in [0.2, 0.25) is 0 Å². The highest BCUT2D eigenvalue weighted by atomic mass is 16.5. The largest absolute Gasteiger partial charge is 0.497 e. The summed E-state index contributed by atoms with van der Waals surface area (Å²) < 4.78 is 5.20. The molecule has 154 valence electrons. The van der Waals surface area contributed by atoms with Crippen LogP contribution in [0.4, 0.5) is 0 Å². The third-order valence-corrected chi connectivity index (χ3v) is 5.76. The molecule has 0 N–H and O–H groups in total. The van der Waals surface area contributed by atoms with E-state index in [-0.39, 0.29) is 11.9 Å². The van der Waals surface area contributed by atoms with Gasteiger partial charge in [0.05, 0.1) is 18.8 Å². The Hall–Kier alpha value is -3.14. The van der Waals surface area contributed by atoms with E-state index in [4.69, 9.17) is 9.72 Å². The lowest BCUT2D eigenvalue weighted by molar-refractivity contribution is -0.132. The second kappa shape index (κ2) is 9.57. The number of hydrogen-bond acceptors (Lipinski definition) is 3. The Balaban J connectivity index is 1.41. The quantitative estimate of drug-likeness (QED) is 0.562. The highest BCUT2D eigenvalue weighted by Gasteiger charge is 2.30. The van der Waals surface area contributed by atoms with Crippen molar-refractivity contribution >= 4 is 5.91 Å². The van der Waals surface area contributed by atoms with Crippen molar-refractivity contribution in [2.24, 2.45) is 0 Å². The smallest absolute Gasteiger partial charge is 0.223 e. The van der Waals surface area contributed by atoms with Gasteiger partial charge < -0.3 is 9.64 Å². The first-order valence-corrected chi connectivity index (χ1v) is 10.6. The number of benzene rings is 2. The van der Waals surface area contributed by atoms with Crippen LogP contribution in [0.3, 0.4) is 0 Å².